The minimum atomic E-state index is -0.768. The lowest BCUT2D eigenvalue weighted by molar-refractivity contribution is -0.141. The van der Waals surface area contributed by atoms with E-state index in [4.69, 9.17) is 32.7 Å². The number of hydrogen-bond donors (Lipinski definition) is 1. The Morgan fingerprint density at radius 2 is 1.88 bits per heavy atom. The summed E-state index contributed by atoms with van der Waals surface area (Å²) in [4.78, 5) is 28.2. The molecule has 0 spiro atoms. The van der Waals surface area contributed by atoms with Crippen LogP contribution in [0.3, 0.4) is 0 Å². The fourth-order valence-electron chi connectivity index (χ4n) is 4.77. The number of rotatable bonds is 6. The smallest absolute Gasteiger partial charge is 0.295 e. The molecule has 2 fully saturated rings. The fraction of sp³-hybridized carbons (Fsp3) is 0.360. The third-order valence-corrected chi connectivity index (χ3v) is 6.65. The summed E-state index contributed by atoms with van der Waals surface area (Å²) in [7, 11) is 1.41. The summed E-state index contributed by atoms with van der Waals surface area (Å²) in [6.45, 7) is 2.36. The quantitative estimate of drug-likeness (QED) is 0.316. The van der Waals surface area contributed by atoms with Gasteiger partial charge in [0.1, 0.15) is 17.3 Å². The molecule has 0 bridgehead atoms. The molecule has 4 rings (SSSR count). The van der Waals surface area contributed by atoms with Crippen molar-refractivity contribution in [2.45, 2.75) is 44.7 Å². The number of amides is 1. The molecule has 174 valence electrons. The Balaban J connectivity index is 1.94. The van der Waals surface area contributed by atoms with Crippen LogP contribution in [0.1, 0.15) is 49.8 Å². The van der Waals surface area contributed by atoms with Crippen LogP contribution in [0.4, 0.5) is 0 Å². The molecule has 1 atom stereocenters. The highest BCUT2D eigenvalue weighted by atomic mass is 35.5. The van der Waals surface area contributed by atoms with E-state index < -0.39 is 17.7 Å². The standard InChI is InChI=1S/C25H25Cl2NO5/c1-3-33-17-10-6-7-14(11-17)21-20(23(30)25(31)28(21)16-8-4-5-9-16)22(29)18-12-15(26)13-19(27)24(18)32-2/h6-7,10-13,16,21,29H,3-5,8-9H2,1-2H3/b22-20+. The van der Waals surface area contributed by atoms with Crippen LogP contribution in [0.2, 0.25) is 10.0 Å². The first-order valence-corrected chi connectivity index (χ1v) is 11.7. The van der Waals surface area contributed by atoms with Crippen LogP contribution in [-0.4, -0.2) is 41.5 Å². The first-order chi connectivity index (χ1) is 15.9. The number of methoxy groups -OCH3 is 1. The molecule has 2 aromatic rings. The number of carbonyl (C=O) groups is 2. The van der Waals surface area contributed by atoms with Gasteiger partial charge in [-0.05, 0) is 49.6 Å². The van der Waals surface area contributed by atoms with E-state index in [9.17, 15) is 14.7 Å². The Morgan fingerprint density at radius 1 is 1.15 bits per heavy atom. The van der Waals surface area contributed by atoms with Crippen molar-refractivity contribution >= 4 is 40.7 Å². The lowest BCUT2D eigenvalue weighted by Crippen LogP contribution is -2.37. The van der Waals surface area contributed by atoms with Crippen LogP contribution in [0.25, 0.3) is 5.76 Å². The average Bonchev–Trinajstić information content (AvgIpc) is 3.40. The molecule has 1 saturated heterocycles. The molecule has 1 aliphatic carbocycles. The van der Waals surface area contributed by atoms with E-state index in [-0.39, 0.29) is 38.7 Å². The maximum atomic E-state index is 13.3. The van der Waals surface area contributed by atoms with Gasteiger partial charge in [0.15, 0.2) is 0 Å². The van der Waals surface area contributed by atoms with E-state index in [1.54, 1.807) is 11.0 Å². The number of aliphatic hydroxyl groups excluding tert-OH is 1. The second-order valence-electron chi connectivity index (χ2n) is 8.12. The van der Waals surface area contributed by atoms with Crippen LogP contribution in [0.15, 0.2) is 42.0 Å². The third kappa shape index (κ3) is 4.30. The number of benzene rings is 2. The molecule has 0 aromatic heterocycles. The lowest BCUT2D eigenvalue weighted by Gasteiger charge is -2.31. The third-order valence-electron chi connectivity index (χ3n) is 6.15. The summed E-state index contributed by atoms with van der Waals surface area (Å²) >= 11 is 12.5. The van der Waals surface area contributed by atoms with Crippen molar-refractivity contribution in [1.82, 2.24) is 4.90 Å². The number of likely N-dealkylation sites (tertiary alicyclic amines) is 1. The molecule has 8 heteroatoms. The topological polar surface area (TPSA) is 76.1 Å². The van der Waals surface area contributed by atoms with E-state index in [0.29, 0.717) is 17.9 Å². The number of aliphatic hydroxyl groups is 1. The molecule has 2 aliphatic rings. The summed E-state index contributed by atoms with van der Waals surface area (Å²) in [6, 6.07) is 9.36. The van der Waals surface area contributed by atoms with E-state index in [1.807, 2.05) is 25.1 Å². The monoisotopic (exact) mass is 489 g/mol. The van der Waals surface area contributed by atoms with Crippen LogP contribution >= 0.6 is 23.2 Å². The number of nitrogens with zero attached hydrogens (tertiary/aromatic N) is 1. The van der Waals surface area contributed by atoms with Crippen molar-refractivity contribution in [3.8, 4) is 11.5 Å². The van der Waals surface area contributed by atoms with Gasteiger partial charge in [0.25, 0.3) is 11.7 Å². The first kappa shape index (κ1) is 23.5. The predicted octanol–water partition coefficient (Wildman–Crippen LogP) is 5.77. The molecule has 0 radical (unpaired) electrons. The minimum Gasteiger partial charge on any atom is -0.507 e. The number of halogens is 2. The largest absolute Gasteiger partial charge is 0.507 e. The summed E-state index contributed by atoms with van der Waals surface area (Å²) in [5.41, 5.74) is 0.822. The number of Topliss-reactive ketones (excluding diaryl/α,β-unsaturated/α-hetero) is 1. The number of ether oxygens (including phenoxy) is 2. The van der Waals surface area contributed by atoms with E-state index in [2.05, 4.69) is 0 Å². The van der Waals surface area contributed by atoms with Crippen LogP contribution in [0, 0.1) is 0 Å². The lowest BCUT2D eigenvalue weighted by atomic mass is 9.94. The van der Waals surface area contributed by atoms with Crippen molar-refractivity contribution in [2.24, 2.45) is 0 Å². The molecule has 1 saturated carbocycles. The van der Waals surface area contributed by atoms with Crippen LogP contribution < -0.4 is 9.47 Å². The van der Waals surface area contributed by atoms with Gasteiger partial charge in [0.05, 0.1) is 35.9 Å². The zero-order valence-electron chi connectivity index (χ0n) is 18.4. The van der Waals surface area contributed by atoms with Gasteiger partial charge in [0, 0.05) is 11.1 Å². The zero-order chi connectivity index (χ0) is 23.7. The Hall–Kier alpha value is -2.70. The van der Waals surface area contributed by atoms with Crippen molar-refractivity contribution in [3.05, 3.63) is 63.1 Å². The molecule has 1 unspecified atom stereocenters. The number of ketones is 1. The van der Waals surface area contributed by atoms with Gasteiger partial charge in [-0.25, -0.2) is 0 Å². The Bertz CT molecular complexity index is 1120. The molecule has 1 N–H and O–H groups in total. The summed E-state index contributed by atoms with van der Waals surface area (Å²) < 4.78 is 11.0. The van der Waals surface area contributed by atoms with Gasteiger partial charge in [-0.1, -0.05) is 48.2 Å². The Labute approximate surface area is 202 Å². The Kier molecular flexibility index (Phi) is 6.86. The van der Waals surface area contributed by atoms with Crippen molar-refractivity contribution in [2.75, 3.05) is 13.7 Å². The molecular formula is C25H25Cl2NO5. The highest BCUT2D eigenvalue weighted by Gasteiger charge is 2.49. The SMILES string of the molecule is CCOc1cccc(C2/C(=C(\O)c3cc(Cl)cc(Cl)c3OC)C(=O)C(=O)N2C2CCCC2)c1. The average molecular weight is 490 g/mol. The number of carbonyl (C=O) groups excluding carboxylic acids is 2. The predicted molar refractivity (Wildman–Crippen MR) is 127 cm³/mol. The second-order valence-corrected chi connectivity index (χ2v) is 8.96. The summed E-state index contributed by atoms with van der Waals surface area (Å²) in [5.74, 6) is -0.948. The second kappa shape index (κ2) is 9.65. The van der Waals surface area contributed by atoms with Gasteiger partial charge in [-0.15, -0.1) is 0 Å². The van der Waals surface area contributed by atoms with Crippen molar-refractivity contribution in [1.29, 1.82) is 0 Å². The van der Waals surface area contributed by atoms with E-state index >= 15 is 0 Å². The van der Waals surface area contributed by atoms with Crippen LogP contribution in [-0.2, 0) is 9.59 Å². The molecular weight excluding hydrogens is 465 g/mol. The molecule has 33 heavy (non-hydrogen) atoms. The van der Waals surface area contributed by atoms with Gasteiger partial charge in [0.2, 0.25) is 0 Å². The van der Waals surface area contributed by atoms with Crippen LogP contribution in [0.5, 0.6) is 11.5 Å². The Morgan fingerprint density at radius 3 is 2.55 bits per heavy atom. The van der Waals surface area contributed by atoms with Gasteiger partial charge >= 0.3 is 0 Å². The first-order valence-electron chi connectivity index (χ1n) is 10.9. The maximum absolute atomic E-state index is 13.3. The normalized spacial score (nSPS) is 20.5. The van der Waals surface area contributed by atoms with Gasteiger partial charge < -0.3 is 19.5 Å². The molecule has 6 nitrogen and oxygen atoms in total. The zero-order valence-corrected chi connectivity index (χ0v) is 19.9. The molecule has 1 aliphatic heterocycles. The summed E-state index contributed by atoms with van der Waals surface area (Å²) in [5, 5.41) is 11.8. The van der Waals surface area contributed by atoms with Crippen molar-refractivity contribution < 1.29 is 24.2 Å². The maximum Gasteiger partial charge on any atom is 0.295 e. The summed E-state index contributed by atoms with van der Waals surface area (Å²) in [6.07, 6.45) is 3.58. The fourth-order valence-corrected chi connectivity index (χ4v) is 5.34. The highest BCUT2D eigenvalue weighted by molar-refractivity contribution is 6.47. The van der Waals surface area contributed by atoms with E-state index in [1.165, 1.54) is 19.2 Å². The number of hydrogen-bond acceptors (Lipinski definition) is 5. The molecule has 1 heterocycles. The highest BCUT2D eigenvalue weighted by Crippen LogP contribution is 2.46. The molecule has 2 aromatic carbocycles. The minimum absolute atomic E-state index is 0.0165. The van der Waals surface area contributed by atoms with Gasteiger partial charge in [-0.2, -0.15) is 0 Å². The van der Waals surface area contributed by atoms with Crippen molar-refractivity contribution in [3.63, 3.8) is 0 Å². The molecule has 1 amide bonds. The van der Waals surface area contributed by atoms with Gasteiger partial charge in [-0.3, -0.25) is 9.59 Å². The van der Waals surface area contributed by atoms with E-state index in [0.717, 1.165) is 25.7 Å².